The van der Waals surface area contributed by atoms with Crippen LogP contribution < -0.4 is 10.0 Å². The molecule has 2 N–H and O–H groups in total. The van der Waals surface area contributed by atoms with Crippen LogP contribution in [0, 0.1) is 21.4 Å². The Morgan fingerprint density at radius 1 is 1.38 bits per heavy atom. The summed E-state index contributed by atoms with van der Waals surface area (Å²) >= 11 is 0. The van der Waals surface area contributed by atoms with Crippen molar-refractivity contribution in [2.24, 2.45) is 0 Å². The van der Waals surface area contributed by atoms with E-state index >= 15 is 0 Å². The minimum absolute atomic E-state index is 0.0896. The lowest BCUT2D eigenvalue weighted by Crippen LogP contribution is -2.48. The Morgan fingerprint density at radius 2 is 2.05 bits per heavy atom. The summed E-state index contributed by atoms with van der Waals surface area (Å²) in [4.78, 5) is 10.3. The Morgan fingerprint density at radius 3 is 2.62 bits per heavy atom. The van der Waals surface area contributed by atoms with E-state index in [-0.39, 0.29) is 11.3 Å². The van der Waals surface area contributed by atoms with Crippen LogP contribution in [0.25, 0.3) is 0 Å². The minimum Gasteiger partial charge on any atom is -0.314 e. The molecule has 0 amide bonds. The number of nitro groups is 1. The summed E-state index contributed by atoms with van der Waals surface area (Å²) in [5.41, 5.74) is -0.517. The number of nitrogens with zero attached hydrogens (tertiary/aromatic N) is 3. The van der Waals surface area contributed by atoms with Crippen LogP contribution in [0.1, 0.15) is 5.56 Å². The molecule has 0 aliphatic carbocycles. The summed E-state index contributed by atoms with van der Waals surface area (Å²) in [6.07, 6.45) is 0. The summed E-state index contributed by atoms with van der Waals surface area (Å²) in [7, 11) is -3.86. The third kappa shape index (κ3) is 3.46. The molecule has 1 aliphatic heterocycles. The fourth-order valence-corrected chi connectivity index (χ4v) is 3.17. The zero-order valence-corrected chi connectivity index (χ0v) is 11.8. The van der Waals surface area contributed by atoms with E-state index in [0.29, 0.717) is 26.2 Å². The van der Waals surface area contributed by atoms with Crippen LogP contribution in [0.3, 0.4) is 0 Å². The third-order valence-corrected chi connectivity index (χ3v) is 4.50. The molecule has 10 heteroatoms. The van der Waals surface area contributed by atoms with Crippen molar-refractivity contribution in [1.82, 2.24) is 9.62 Å². The summed E-state index contributed by atoms with van der Waals surface area (Å²) in [6.45, 7) is 1.63. The van der Waals surface area contributed by atoms with Gasteiger partial charge in [-0.1, -0.05) is 0 Å². The molecule has 9 nitrogen and oxygen atoms in total. The van der Waals surface area contributed by atoms with Gasteiger partial charge in [0.15, 0.2) is 0 Å². The van der Waals surface area contributed by atoms with Gasteiger partial charge in [0, 0.05) is 32.2 Å². The summed E-state index contributed by atoms with van der Waals surface area (Å²) in [5, 5.41) is 22.8. The average Bonchev–Trinajstić information content (AvgIpc) is 2.48. The van der Waals surface area contributed by atoms with Crippen molar-refractivity contribution in [3.05, 3.63) is 33.9 Å². The largest absolute Gasteiger partial charge is 0.314 e. The molecule has 1 aliphatic rings. The van der Waals surface area contributed by atoms with Gasteiger partial charge in [-0.25, -0.2) is 0 Å². The molecule has 1 heterocycles. The molecule has 0 atom stereocenters. The first-order valence-corrected chi connectivity index (χ1v) is 7.55. The second kappa shape index (κ2) is 6.04. The van der Waals surface area contributed by atoms with Gasteiger partial charge in [0.05, 0.1) is 16.6 Å². The third-order valence-electron chi connectivity index (χ3n) is 2.98. The Balaban J connectivity index is 2.30. The maximum absolute atomic E-state index is 12.2. The van der Waals surface area contributed by atoms with E-state index in [9.17, 15) is 18.5 Å². The lowest BCUT2D eigenvalue weighted by atomic mass is 10.2. The molecule has 0 unspecified atom stereocenters. The molecular formula is C11H13N5O4S. The molecule has 0 bridgehead atoms. The van der Waals surface area contributed by atoms with Crippen molar-refractivity contribution in [1.29, 1.82) is 5.26 Å². The van der Waals surface area contributed by atoms with Crippen molar-refractivity contribution in [2.75, 3.05) is 30.9 Å². The van der Waals surface area contributed by atoms with Crippen molar-refractivity contribution in [3.63, 3.8) is 0 Å². The zero-order valence-electron chi connectivity index (χ0n) is 10.9. The number of nitro benzene ring substituents is 1. The first-order chi connectivity index (χ1) is 9.94. The number of piperazine rings is 1. The molecule has 1 fully saturated rings. The highest BCUT2D eigenvalue weighted by Gasteiger charge is 2.26. The van der Waals surface area contributed by atoms with Gasteiger partial charge >= 0.3 is 10.2 Å². The van der Waals surface area contributed by atoms with Gasteiger partial charge in [-0.2, -0.15) is 18.0 Å². The zero-order chi connectivity index (χ0) is 15.5. The minimum atomic E-state index is -3.86. The fourth-order valence-electron chi connectivity index (χ4n) is 1.93. The van der Waals surface area contributed by atoms with Crippen molar-refractivity contribution in [2.45, 2.75) is 0 Å². The van der Waals surface area contributed by atoms with Crippen molar-refractivity contribution in [3.8, 4) is 6.07 Å². The number of nitrogens with one attached hydrogen (secondary N) is 2. The maximum atomic E-state index is 12.2. The van der Waals surface area contributed by atoms with Crippen molar-refractivity contribution >= 4 is 21.6 Å². The highest BCUT2D eigenvalue weighted by atomic mass is 32.2. The van der Waals surface area contributed by atoms with E-state index < -0.39 is 20.8 Å². The number of nitriles is 1. The van der Waals surface area contributed by atoms with Gasteiger partial charge in [0.25, 0.3) is 5.69 Å². The normalized spacial score (nSPS) is 16.1. The molecule has 1 aromatic rings. The first kappa shape index (κ1) is 15.2. The van der Waals surface area contributed by atoms with E-state index in [4.69, 9.17) is 5.26 Å². The molecule has 0 aromatic heterocycles. The van der Waals surface area contributed by atoms with Crippen LogP contribution in [-0.4, -0.2) is 43.8 Å². The van der Waals surface area contributed by atoms with Gasteiger partial charge in [-0.3, -0.25) is 14.8 Å². The average molecular weight is 311 g/mol. The van der Waals surface area contributed by atoms with Crippen LogP contribution >= 0.6 is 0 Å². The van der Waals surface area contributed by atoms with E-state index in [1.165, 1.54) is 16.4 Å². The molecule has 2 rings (SSSR count). The summed E-state index contributed by atoms with van der Waals surface area (Å²) in [6, 6.07) is 5.35. The van der Waals surface area contributed by atoms with Crippen LogP contribution in [0.2, 0.25) is 0 Å². The SMILES string of the molecule is N#Cc1ccc(NS(=O)(=O)N2CCNCC2)c([N+](=O)[O-])c1. The smallest absolute Gasteiger partial charge is 0.301 e. The van der Waals surface area contributed by atoms with Gasteiger partial charge in [-0.15, -0.1) is 0 Å². The number of rotatable bonds is 4. The van der Waals surface area contributed by atoms with E-state index in [0.717, 1.165) is 6.07 Å². The topological polar surface area (TPSA) is 128 Å². The van der Waals surface area contributed by atoms with E-state index in [1.807, 2.05) is 0 Å². The number of hydrogen-bond acceptors (Lipinski definition) is 6. The number of hydrogen-bond donors (Lipinski definition) is 2. The van der Waals surface area contributed by atoms with E-state index in [2.05, 4.69) is 10.0 Å². The predicted octanol–water partition coefficient (Wildman–Crippen LogP) is 0.0284. The van der Waals surface area contributed by atoms with Crippen LogP contribution in [0.15, 0.2) is 18.2 Å². The fraction of sp³-hybridized carbons (Fsp3) is 0.364. The Bertz CT molecular complexity index is 691. The van der Waals surface area contributed by atoms with Crippen LogP contribution in [0.5, 0.6) is 0 Å². The summed E-state index contributed by atoms with van der Waals surface area (Å²) < 4.78 is 27.8. The highest BCUT2D eigenvalue weighted by Crippen LogP contribution is 2.26. The monoisotopic (exact) mass is 311 g/mol. The first-order valence-electron chi connectivity index (χ1n) is 6.11. The molecule has 1 aromatic carbocycles. The van der Waals surface area contributed by atoms with Crippen LogP contribution in [0.4, 0.5) is 11.4 Å². The lowest BCUT2D eigenvalue weighted by Gasteiger charge is -2.26. The number of benzene rings is 1. The summed E-state index contributed by atoms with van der Waals surface area (Å²) in [5.74, 6) is 0. The maximum Gasteiger partial charge on any atom is 0.301 e. The van der Waals surface area contributed by atoms with Gasteiger partial charge < -0.3 is 5.32 Å². The van der Waals surface area contributed by atoms with Crippen molar-refractivity contribution < 1.29 is 13.3 Å². The van der Waals surface area contributed by atoms with Gasteiger partial charge in [0.2, 0.25) is 0 Å². The van der Waals surface area contributed by atoms with E-state index in [1.54, 1.807) is 6.07 Å². The Hall–Kier alpha value is -2.22. The molecular weight excluding hydrogens is 298 g/mol. The molecule has 0 spiro atoms. The quantitative estimate of drug-likeness (QED) is 0.596. The lowest BCUT2D eigenvalue weighted by molar-refractivity contribution is -0.383. The standard InChI is InChI=1S/C11H13N5O4S/c12-8-9-1-2-10(11(7-9)16(17)18)14-21(19,20)15-5-3-13-4-6-15/h1-2,7,13-14H,3-6H2. The Labute approximate surface area is 121 Å². The second-order valence-corrected chi connectivity index (χ2v) is 6.03. The highest BCUT2D eigenvalue weighted by molar-refractivity contribution is 7.90. The van der Waals surface area contributed by atoms with Gasteiger partial charge in [-0.05, 0) is 12.1 Å². The molecule has 0 radical (unpaired) electrons. The Kier molecular flexibility index (Phi) is 4.37. The predicted molar refractivity (Wildman–Crippen MR) is 74.8 cm³/mol. The second-order valence-electron chi connectivity index (χ2n) is 4.36. The molecule has 112 valence electrons. The molecule has 0 saturated carbocycles. The van der Waals surface area contributed by atoms with Gasteiger partial charge in [0.1, 0.15) is 5.69 Å². The molecule has 21 heavy (non-hydrogen) atoms. The van der Waals surface area contributed by atoms with Crippen LogP contribution in [-0.2, 0) is 10.2 Å². The number of anilines is 1. The molecule has 1 saturated heterocycles.